The van der Waals surface area contributed by atoms with Crippen LogP contribution in [0.25, 0.3) is 10.9 Å². The van der Waals surface area contributed by atoms with Crippen LogP contribution < -0.4 is 25.8 Å². The van der Waals surface area contributed by atoms with Gasteiger partial charge < -0.3 is 19.9 Å². The Hall–Kier alpha value is -5.32. The van der Waals surface area contributed by atoms with Crippen LogP contribution in [0.3, 0.4) is 0 Å². The van der Waals surface area contributed by atoms with Crippen molar-refractivity contribution in [1.29, 1.82) is 5.26 Å². The van der Waals surface area contributed by atoms with E-state index in [-0.39, 0.29) is 53.2 Å². The van der Waals surface area contributed by atoms with Crippen molar-refractivity contribution in [3.63, 3.8) is 0 Å². The number of anilines is 1. The van der Waals surface area contributed by atoms with Gasteiger partial charge in [-0.1, -0.05) is 56.6 Å². The molecule has 2 N–H and O–H groups in total. The maximum Gasteiger partial charge on any atom is 0.278 e. The van der Waals surface area contributed by atoms with Gasteiger partial charge in [-0.15, -0.1) is 5.10 Å². The SMILES string of the molecule is CC1(C)[C@H](NC(=O)c2ccc(CCN3CC4CN(c5ccc6nnn(C7CCC(=O)NC7=O)c(=O)c6c5)CC4C3)cc2)C(C)(C)[C@H]1Oc1ccc(C#N)c(Cl)c1. The molecule has 1 aromatic heterocycles. The fourth-order valence-corrected chi connectivity index (χ4v) is 9.98. The normalized spacial score (nSPS) is 25.3. The zero-order valence-corrected chi connectivity index (χ0v) is 32.7. The van der Waals surface area contributed by atoms with Gasteiger partial charge in [-0.05, 0) is 72.7 Å². The van der Waals surface area contributed by atoms with Crippen LogP contribution in [0.2, 0.25) is 5.02 Å². The maximum atomic E-state index is 13.4. The molecule has 3 aromatic carbocycles. The molecule has 3 amide bonds. The lowest BCUT2D eigenvalue weighted by Crippen LogP contribution is -2.74. The number of amides is 3. The van der Waals surface area contributed by atoms with E-state index < -0.39 is 11.9 Å². The highest BCUT2D eigenvalue weighted by molar-refractivity contribution is 6.31. The van der Waals surface area contributed by atoms with E-state index in [2.05, 4.69) is 64.5 Å². The van der Waals surface area contributed by atoms with Gasteiger partial charge in [0.1, 0.15) is 29.5 Å². The van der Waals surface area contributed by atoms with E-state index in [1.54, 1.807) is 24.3 Å². The maximum absolute atomic E-state index is 13.4. The average molecular weight is 777 g/mol. The number of piperidine rings is 1. The van der Waals surface area contributed by atoms with Gasteiger partial charge >= 0.3 is 0 Å². The number of aromatic nitrogens is 3. The zero-order valence-electron chi connectivity index (χ0n) is 31.9. The second kappa shape index (κ2) is 14.3. The van der Waals surface area contributed by atoms with Crippen LogP contribution in [0.4, 0.5) is 5.69 Å². The molecule has 0 spiro atoms. The first-order valence-electron chi connectivity index (χ1n) is 19.2. The molecule has 1 aliphatic carbocycles. The Balaban J connectivity index is 0.829. The first-order chi connectivity index (χ1) is 26.7. The Morgan fingerprint density at radius 3 is 2.36 bits per heavy atom. The number of hydrogen-bond donors (Lipinski definition) is 2. The summed E-state index contributed by atoms with van der Waals surface area (Å²) in [4.78, 5) is 55.8. The summed E-state index contributed by atoms with van der Waals surface area (Å²) in [6, 6.07) is 19.7. The molecule has 13 nitrogen and oxygen atoms in total. The lowest BCUT2D eigenvalue weighted by molar-refractivity contribution is -0.164. The van der Waals surface area contributed by atoms with Crippen molar-refractivity contribution in [1.82, 2.24) is 30.5 Å². The van der Waals surface area contributed by atoms with E-state index in [0.29, 0.717) is 44.6 Å². The Bertz CT molecular complexity index is 2310. The Labute approximate surface area is 329 Å². The second-order valence-electron chi connectivity index (χ2n) is 16.9. The molecule has 0 bridgehead atoms. The van der Waals surface area contributed by atoms with Gasteiger partial charge in [-0.25, -0.2) is 0 Å². The zero-order chi connectivity index (χ0) is 39.5. The molecule has 4 aliphatic rings. The summed E-state index contributed by atoms with van der Waals surface area (Å²) in [6.45, 7) is 13.1. The molecule has 1 saturated carbocycles. The fraction of sp³-hybridized carbons (Fsp3) is 0.452. The highest BCUT2D eigenvalue weighted by Gasteiger charge is 2.64. The topological polar surface area (TPSA) is 163 Å². The summed E-state index contributed by atoms with van der Waals surface area (Å²) in [5.74, 6) is 0.634. The molecular weight excluding hydrogens is 732 g/mol. The van der Waals surface area contributed by atoms with E-state index in [9.17, 15) is 24.4 Å². The van der Waals surface area contributed by atoms with E-state index in [0.717, 1.165) is 49.5 Å². The molecular formula is C42H45ClN8O5. The average Bonchev–Trinajstić information content (AvgIpc) is 3.75. The molecule has 3 atom stereocenters. The molecule has 14 heteroatoms. The van der Waals surface area contributed by atoms with E-state index in [1.165, 1.54) is 5.56 Å². The molecule has 8 rings (SSSR count). The summed E-state index contributed by atoms with van der Waals surface area (Å²) in [7, 11) is 0. The number of halogens is 1. The molecule has 290 valence electrons. The third kappa shape index (κ3) is 6.79. The van der Waals surface area contributed by atoms with Gasteiger partial charge in [0.2, 0.25) is 5.91 Å². The molecule has 3 unspecified atom stereocenters. The fourth-order valence-electron chi connectivity index (χ4n) is 9.76. The van der Waals surface area contributed by atoms with Crippen molar-refractivity contribution in [2.75, 3.05) is 37.6 Å². The third-order valence-corrected chi connectivity index (χ3v) is 12.8. The lowest BCUT2D eigenvalue weighted by atomic mass is 9.49. The molecule has 56 heavy (non-hydrogen) atoms. The van der Waals surface area contributed by atoms with Gasteiger partial charge in [0.05, 0.1) is 16.0 Å². The summed E-state index contributed by atoms with van der Waals surface area (Å²) >= 11 is 6.24. The van der Waals surface area contributed by atoms with E-state index in [4.69, 9.17) is 16.3 Å². The second-order valence-corrected chi connectivity index (χ2v) is 17.3. The number of carbonyl (C=O) groups excluding carboxylic acids is 3. The minimum Gasteiger partial charge on any atom is -0.489 e. The molecule has 3 aliphatic heterocycles. The standard InChI is InChI=1S/C42H45ClN8O5/c1-41(2)39(42(3,4)40(41)56-30-11-9-26(19-44)32(43)18-30)46-36(53)25-7-5-24(6-8-25)15-16-49-20-27-22-50(23-28(27)21-49)29-10-12-33-31(17-29)38(55)51(48-47-33)34-13-14-35(52)45-37(34)54/h5-12,17-18,27-28,34,39-40H,13-16,20-23H2,1-4H3,(H,46,53)(H,45,52,54)/t27?,28?,34?,39-,40-. The Kier molecular flexibility index (Phi) is 9.61. The van der Waals surface area contributed by atoms with Gasteiger partial charge in [-0.3, -0.25) is 24.5 Å². The van der Waals surface area contributed by atoms with Crippen molar-refractivity contribution >= 4 is 45.9 Å². The Morgan fingerprint density at radius 1 is 0.982 bits per heavy atom. The largest absolute Gasteiger partial charge is 0.489 e. The van der Waals surface area contributed by atoms with Crippen molar-refractivity contribution in [2.24, 2.45) is 22.7 Å². The Morgan fingerprint density at radius 2 is 1.70 bits per heavy atom. The highest BCUT2D eigenvalue weighted by Crippen LogP contribution is 2.55. The number of nitrogens with one attached hydrogen (secondary N) is 2. The number of likely N-dealkylation sites (tertiary alicyclic amines) is 1. The van der Waals surface area contributed by atoms with Crippen molar-refractivity contribution in [3.05, 3.63) is 92.7 Å². The number of nitriles is 1. The third-order valence-electron chi connectivity index (χ3n) is 12.5. The van der Waals surface area contributed by atoms with E-state index in [1.807, 2.05) is 36.4 Å². The van der Waals surface area contributed by atoms with Crippen LogP contribution in [-0.2, 0) is 16.0 Å². The first-order valence-corrected chi connectivity index (χ1v) is 19.6. The van der Waals surface area contributed by atoms with Crippen LogP contribution in [0.1, 0.15) is 68.1 Å². The van der Waals surface area contributed by atoms with Crippen LogP contribution >= 0.6 is 11.6 Å². The van der Waals surface area contributed by atoms with Gasteiger partial charge in [-0.2, -0.15) is 9.94 Å². The van der Waals surface area contributed by atoms with Crippen molar-refractivity contribution < 1.29 is 19.1 Å². The highest BCUT2D eigenvalue weighted by atomic mass is 35.5. The number of nitrogens with zero attached hydrogens (tertiary/aromatic N) is 6. The molecule has 4 aromatic rings. The van der Waals surface area contributed by atoms with Crippen molar-refractivity contribution in [3.8, 4) is 11.8 Å². The number of rotatable bonds is 9. The van der Waals surface area contributed by atoms with E-state index >= 15 is 0 Å². The summed E-state index contributed by atoms with van der Waals surface area (Å²) in [5, 5.41) is 23.7. The van der Waals surface area contributed by atoms with Crippen LogP contribution in [0.15, 0.2) is 65.5 Å². The predicted octanol–water partition coefficient (Wildman–Crippen LogP) is 4.52. The van der Waals surface area contributed by atoms with Crippen LogP contribution in [0, 0.1) is 34.0 Å². The molecule has 3 saturated heterocycles. The van der Waals surface area contributed by atoms with Gasteiger partial charge in [0.25, 0.3) is 17.4 Å². The first kappa shape index (κ1) is 37.6. The molecule has 0 radical (unpaired) electrons. The number of fused-ring (bicyclic) bond motifs is 2. The minimum atomic E-state index is -0.855. The monoisotopic (exact) mass is 776 g/mol. The van der Waals surface area contributed by atoms with Crippen LogP contribution in [0.5, 0.6) is 5.75 Å². The lowest BCUT2D eigenvalue weighted by Gasteiger charge is -2.63. The predicted molar refractivity (Wildman–Crippen MR) is 210 cm³/mol. The quantitative estimate of drug-likeness (QED) is 0.231. The van der Waals surface area contributed by atoms with Gasteiger partial charge in [0.15, 0.2) is 0 Å². The summed E-state index contributed by atoms with van der Waals surface area (Å²) in [6.07, 6.45) is 1.08. The summed E-state index contributed by atoms with van der Waals surface area (Å²) in [5.41, 5.74) is 2.54. The molecule has 4 fully saturated rings. The number of carbonyl (C=O) groups is 3. The van der Waals surface area contributed by atoms with Gasteiger partial charge in [0, 0.05) is 73.3 Å². The summed E-state index contributed by atoms with van der Waals surface area (Å²) < 4.78 is 7.48. The van der Waals surface area contributed by atoms with Crippen molar-refractivity contribution in [2.45, 2.75) is 65.1 Å². The number of hydrogen-bond acceptors (Lipinski definition) is 10. The van der Waals surface area contributed by atoms with Crippen LogP contribution in [-0.4, -0.2) is 82.5 Å². The number of imide groups is 1. The minimum absolute atomic E-state index is 0.112. The molecule has 4 heterocycles. The number of benzene rings is 3. The number of ether oxygens (including phenoxy) is 1. The smallest absolute Gasteiger partial charge is 0.278 e.